The lowest BCUT2D eigenvalue weighted by atomic mass is 10.3. The van der Waals surface area contributed by atoms with Crippen LogP contribution in [0.25, 0.3) is 0 Å². The van der Waals surface area contributed by atoms with E-state index < -0.39 is 0 Å². The Balaban J connectivity index is 1.72. The lowest BCUT2D eigenvalue weighted by Gasteiger charge is -2.15. The summed E-state index contributed by atoms with van der Waals surface area (Å²) in [7, 11) is 1.70. The van der Waals surface area contributed by atoms with Crippen molar-refractivity contribution in [3.8, 4) is 5.75 Å². The average Bonchev–Trinajstić information content (AvgIpc) is 2.90. The molecule has 0 radical (unpaired) electrons. The Labute approximate surface area is 116 Å². The summed E-state index contributed by atoms with van der Waals surface area (Å²) in [6.07, 6.45) is 0.723. The molecule has 2 aromatic rings. The van der Waals surface area contributed by atoms with Gasteiger partial charge in [-0.1, -0.05) is 18.2 Å². The number of aromatic nitrogens is 3. The van der Waals surface area contributed by atoms with Crippen LogP contribution in [0.1, 0.15) is 17.0 Å². The molecule has 0 fully saturated rings. The molecule has 7 heteroatoms. The Hall–Kier alpha value is -2.57. The SMILES string of the molecule is CN(CCCOc1ccccc1)C(=O)c1nc(N)n[nH]1. The van der Waals surface area contributed by atoms with Crippen molar-refractivity contribution in [3.63, 3.8) is 0 Å². The number of para-hydroxylation sites is 1. The second kappa shape index (κ2) is 6.55. The van der Waals surface area contributed by atoms with Crippen LogP contribution >= 0.6 is 0 Å². The molecule has 1 heterocycles. The number of nitrogens with two attached hydrogens (primary N) is 1. The third-order valence-corrected chi connectivity index (χ3v) is 2.70. The van der Waals surface area contributed by atoms with E-state index in [1.165, 1.54) is 0 Å². The molecule has 0 spiro atoms. The molecule has 7 nitrogen and oxygen atoms in total. The molecule has 0 unspecified atom stereocenters. The van der Waals surface area contributed by atoms with Gasteiger partial charge in [0.2, 0.25) is 11.8 Å². The minimum Gasteiger partial charge on any atom is -0.494 e. The van der Waals surface area contributed by atoms with Crippen molar-refractivity contribution < 1.29 is 9.53 Å². The van der Waals surface area contributed by atoms with Gasteiger partial charge in [0.05, 0.1) is 6.61 Å². The van der Waals surface area contributed by atoms with E-state index in [0.717, 1.165) is 12.2 Å². The zero-order valence-electron chi connectivity index (χ0n) is 11.2. The van der Waals surface area contributed by atoms with E-state index >= 15 is 0 Å². The first-order chi connectivity index (χ1) is 9.66. The van der Waals surface area contributed by atoms with Crippen LogP contribution in [0.4, 0.5) is 5.95 Å². The van der Waals surface area contributed by atoms with Gasteiger partial charge in [-0.15, -0.1) is 5.10 Å². The standard InChI is InChI=1S/C13H17N5O2/c1-18(12(19)11-15-13(14)17-16-11)8-5-9-20-10-6-3-2-4-7-10/h2-4,6-7H,5,8-9H2,1H3,(H3,14,15,16,17). The van der Waals surface area contributed by atoms with Gasteiger partial charge in [-0.25, -0.2) is 0 Å². The Morgan fingerprint density at radius 1 is 1.40 bits per heavy atom. The molecule has 1 aromatic carbocycles. The normalized spacial score (nSPS) is 10.2. The molecular weight excluding hydrogens is 258 g/mol. The van der Waals surface area contributed by atoms with Gasteiger partial charge in [-0.3, -0.25) is 9.89 Å². The predicted octanol–water partition coefficient (Wildman–Crippen LogP) is 0.928. The number of rotatable bonds is 6. The molecule has 0 aliphatic rings. The summed E-state index contributed by atoms with van der Waals surface area (Å²) in [5.74, 6) is 0.793. The lowest BCUT2D eigenvalue weighted by Crippen LogP contribution is -2.29. The van der Waals surface area contributed by atoms with Crippen molar-refractivity contribution in [2.75, 3.05) is 25.9 Å². The van der Waals surface area contributed by atoms with E-state index in [4.69, 9.17) is 10.5 Å². The van der Waals surface area contributed by atoms with Gasteiger partial charge in [0.25, 0.3) is 5.91 Å². The summed E-state index contributed by atoms with van der Waals surface area (Å²) in [5.41, 5.74) is 5.36. The summed E-state index contributed by atoms with van der Waals surface area (Å²) in [6.45, 7) is 1.10. The summed E-state index contributed by atoms with van der Waals surface area (Å²) >= 11 is 0. The Kier molecular flexibility index (Phi) is 4.54. The minimum atomic E-state index is -0.242. The number of nitrogens with zero attached hydrogens (tertiary/aromatic N) is 3. The molecule has 2 rings (SSSR count). The monoisotopic (exact) mass is 275 g/mol. The van der Waals surface area contributed by atoms with Crippen LogP contribution in [0.5, 0.6) is 5.75 Å². The zero-order valence-corrected chi connectivity index (χ0v) is 11.2. The smallest absolute Gasteiger partial charge is 0.290 e. The number of anilines is 1. The minimum absolute atomic E-state index is 0.0640. The molecule has 1 amide bonds. The fraction of sp³-hybridized carbons (Fsp3) is 0.308. The Morgan fingerprint density at radius 3 is 2.80 bits per heavy atom. The highest BCUT2D eigenvalue weighted by Crippen LogP contribution is 2.08. The number of hydrogen-bond donors (Lipinski definition) is 2. The number of hydrogen-bond acceptors (Lipinski definition) is 5. The number of H-pyrrole nitrogens is 1. The van der Waals surface area contributed by atoms with Crippen LogP contribution in [0.15, 0.2) is 30.3 Å². The van der Waals surface area contributed by atoms with E-state index in [-0.39, 0.29) is 17.7 Å². The Morgan fingerprint density at radius 2 is 2.15 bits per heavy atom. The molecule has 1 aromatic heterocycles. The molecular formula is C13H17N5O2. The zero-order chi connectivity index (χ0) is 14.4. The van der Waals surface area contributed by atoms with Crippen molar-refractivity contribution in [2.24, 2.45) is 0 Å². The maximum absolute atomic E-state index is 11.9. The molecule has 0 saturated heterocycles. The summed E-state index contributed by atoms with van der Waals surface area (Å²) in [5, 5.41) is 6.12. The summed E-state index contributed by atoms with van der Waals surface area (Å²) in [6, 6.07) is 9.55. The van der Waals surface area contributed by atoms with Crippen molar-refractivity contribution in [2.45, 2.75) is 6.42 Å². The number of aromatic amines is 1. The number of carbonyl (C=O) groups excluding carboxylic acids is 1. The fourth-order valence-corrected chi connectivity index (χ4v) is 1.66. The second-order valence-electron chi connectivity index (χ2n) is 4.28. The molecule has 106 valence electrons. The molecule has 3 N–H and O–H groups in total. The third kappa shape index (κ3) is 3.71. The van der Waals surface area contributed by atoms with E-state index in [1.54, 1.807) is 11.9 Å². The molecule has 0 aliphatic heterocycles. The topological polar surface area (TPSA) is 97.1 Å². The molecule has 0 saturated carbocycles. The molecule has 0 atom stereocenters. The fourth-order valence-electron chi connectivity index (χ4n) is 1.66. The van der Waals surface area contributed by atoms with E-state index in [9.17, 15) is 4.79 Å². The van der Waals surface area contributed by atoms with E-state index in [1.807, 2.05) is 30.3 Å². The van der Waals surface area contributed by atoms with Crippen molar-refractivity contribution >= 4 is 11.9 Å². The van der Waals surface area contributed by atoms with Crippen LogP contribution in [0, 0.1) is 0 Å². The number of nitrogen functional groups attached to an aromatic ring is 1. The van der Waals surface area contributed by atoms with Crippen LogP contribution in [-0.2, 0) is 0 Å². The van der Waals surface area contributed by atoms with Gasteiger partial charge in [-0.05, 0) is 18.6 Å². The quantitative estimate of drug-likeness (QED) is 0.764. The molecule has 0 aliphatic carbocycles. The Bertz CT molecular complexity index is 555. The number of benzene rings is 1. The number of nitrogens with one attached hydrogen (secondary N) is 1. The summed E-state index contributed by atoms with van der Waals surface area (Å²) < 4.78 is 5.55. The molecule has 20 heavy (non-hydrogen) atoms. The highest BCUT2D eigenvalue weighted by molar-refractivity contribution is 5.90. The highest BCUT2D eigenvalue weighted by Gasteiger charge is 2.15. The molecule has 0 bridgehead atoms. The van der Waals surface area contributed by atoms with Crippen molar-refractivity contribution in [1.29, 1.82) is 0 Å². The van der Waals surface area contributed by atoms with E-state index in [0.29, 0.717) is 13.2 Å². The summed E-state index contributed by atoms with van der Waals surface area (Å²) in [4.78, 5) is 17.3. The van der Waals surface area contributed by atoms with E-state index in [2.05, 4.69) is 15.2 Å². The van der Waals surface area contributed by atoms with Crippen molar-refractivity contribution in [3.05, 3.63) is 36.2 Å². The van der Waals surface area contributed by atoms with Gasteiger partial charge >= 0.3 is 0 Å². The number of amides is 1. The van der Waals surface area contributed by atoms with Crippen LogP contribution in [-0.4, -0.2) is 46.2 Å². The number of carbonyl (C=O) groups is 1. The van der Waals surface area contributed by atoms with Crippen LogP contribution in [0.3, 0.4) is 0 Å². The van der Waals surface area contributed by atoms with Gasteiger partial charge < -0.3 is 15.4 Å². The van der Waals surface area contributed by atoms with Crippen LogP contribution in [0.2, 0.25) is 0 Å². The van der Waals surface area contributed by atoms with Gasteiger partial charge in [0, 0.05) is 13.6 Å². The second-order valence-corrected chi connectivity index (χ2v) is 4.28. The van der Waals surface area contributed by atoms with Gasteiger partial charge in [-0.2, -0.15) is 4.98 Å². The first-order valence-corrected chi connectivity index (χ1v) is 6.28. The largest absolute Gasteiger partial charge is 0.494 e. The van der Waals surface area contributed by atoms with Gasteiger partial charge in [0.15, 0.2) is 0 Å². The first-order valence-electron chi connectivity index (χ1n) is 6.28. The van der Waals surface area contributed by atoms with Crippen molar-refractivity contribution in [1.82, 2.24) is 20.1 Å². The maximum Gasteiger partial charge on any atom is 0.290 e. The predicted molar refractivity (Wildman–Crippen MR) is 74.3 cm³/mol. The third-order valence-electron chi connectivity index (χ3n) is 2.70. The maximum atomic E-state index is 11.9. The first kappa shape index (κ1) is 13.9. The highest BCUT2D eigenvalue weighted by atomic mass is 16.5. The number of ether oxygens (including phenoxy) is 1. The van der Waals surface area contributed by atoms with Gasteiger partial charge in [0.1, 0.15) is 5.75 Å². The average molecular weight is 275 g/mol. The lowest BCUT2D eigenvalue weighted by molar-refractivity contribution is 0.0776. The van der Waals surface area contributed by atoms with Crippen LogP contribution < -0.4 is 10.5 Å².